The van der Waals surface area contributed by atoms with Crippen molar-refractivity contribution in [2.45, 2.75) is 44.0 Å². The van der Waals surface area contributed by atoms with Crippen molar-refractivity contribution in [2.75, 3.05) is 4.90 Å². The number of fused-ring (bicyclic) bond motifs is 3. The van der Waals surface area contributed by atoms with Gasteiger partial charge in [0, 0.05) is 24.4 Å². The van der Waals surface area contributed by atoms with Crippen LogP contribution in [-0.2, 0) is 20.9 Å². The number of ether oxygens (including phenoxy) is 1. The molecule has 3 aliphatic rings. The Morgan fingerprint density at radius 2 is 1.83 bits per heavy atom. The third kappa shape index (κ3) is 2.57. The first-order valence-corrected chi connectivity index (χ1v) is 9.70. The van der Waals surface area contributed by atoms with Crippen molar-refractivity contribution in [3.05, 3.63) is 65.5 Å². The number of benzene rings is 2. The lowest BCUT2D eigenvalue weighted by molar-refractivity contribution is -0.159. The van der Waals surface area contributed by atoms with Crippen LogP contribution < -0.4 is 4.90 Å². The molecule has 0 aromatic heterocycles. The molecule has 5 rings (SSSR count). The summed E-state index contributed by atoms with van der Waals surface area (Å²) in [6.07, 6.45) is 1.86. The Morgan fingerprint density at radius 1 is 1.10 bits per heavy atom. The molecule has 2 aliphatic heterocycles. The van der Waals surface area contributed by atoms with Gasteiger partial charge in [-0.15, -0.1) is 0 Å². The molecule has 0 bridgehead atoms. The number of hydrogen-bond donors (Lipinski definition) is 0. The van der Waals surface area contributed by atoms with E-state index in [1.807, 2.05) is 0 Å². The topological polar surface area (TPSA) is 66.9 Å². The number of nitrogens with zero attached hydrogens (tertiary/aromatic N) is 2. The third-order valence-electron chi connectivity index (χ3n) is 5.86. The zero-order valence-corrected chi connectivity index (χ0v) is 15.6. The molecule has 2 aromatic carbocycles. The quantitative estimate of drug-likeness (QED) is 0.748. The van der Waals surface area contributed by atoms with Gasteiger partial charge in [-0.3, -0.25) is 14.5 Å². The zero-order valence-electron chi connectivity index (χ0n) is 15.6. The molecule has 1 saturated carbocycles. The Bertz CT molecular complexity index is 1030. The number of hydrogen-bond acceptors (Lipinski definition) is 4. The Hall–Kier alpha value is -3.22. The van der Waals surface area contributed by atoms with Gasteiger partial charge in [-0.05, 0) is 31.0 Å². The monoisotopic (exact) mass is 394 g/mol. The predicted molar refractivity (Wildman–Crippen MR) is 101 cm³/mol. The molecule has 2 amide bonds. The van der Waals surface area contributed by atoms with E-state index in [9.17, 15) is 18.8 Å². The number of anilines is 1. The molecule has 2 fully saturated rings. The van der Waals surface area contributed by atoms with Gasteiger partial charge in [-0.1, -0.05) is 30.3 Å². The van der Waals surface area contributed by atoms with Crippen molar-refractivity contribution in [1.29, 1.82) is 0 Å². The highest BCUT2D eigenvalue weighted by molar-refractivity contribution is 6.15. The normalized spacial score (nSPS) is 23.1. The Morgan fingerprint density at radius 3 is 2.59 bits per heavy atom. The summed E-state index contributed by atoms with van der Waals surface area (Å²) in [6, 6.07) is 12.8. The van der Waals surface area contributed by atoms with Crippen LogP contribution in [0.2, 0.25) is 0 Å². The highest BCUT2D eigenvalue weighted by atomic mass is 19.1. The van der Waals surface area contributed by atoms with E-state index in [-0.39, 0.29) is 42.9 Å². The highest BCUT2D eigenvalue weighted by Gasteiger charge is 2.64. The molecule has 0 unspecified atom stereocenters. The molecule has 0 radical (unpaired) electrons. The van der Waals surface area contributed by atoms with Crippen molar-refractivity contribution in [2.24, 2.45) is 0 Å². The van der Waals surface area contributed by atoms with Gasteiger partial charge >= 0.3 is 5.97 Å². The van der Waals surface area contributed by atoms with Crippen molar-refractivity contribution in [3.8, 4) is 0 Å². The van der Waals surface area contributed by atoms with Crippen LogP contribution in [0.1, 0.15) is 41.6 Å². The first-order chi connectivity index (χ1) is 14.0. The number of halogens is 1. The van der Waals surface area contributed by atoms with Crippen molar-refractivity contribution in [3.63, 3.8) is 0 Å². The van der Waals surface area contributed by atoms with Gasteiger partial charge in [0.15, 0.2) is 0 Å². The maximum Gasteiger partial charge on any atom is 0.354 e. The van der Waals surface area contributed by atoms with Gasteiger partial charge in [-0.25, -0.2) is 9.18 Å². The van der Waals surface area contributed by atoms with Gasteiger partial charge in [0.2, 0.25) is 11.6 Å². The molecule has 0 spiro atoms. The number of rotatable bonds is 4. The molecule has 1 aliphatic carbocycles. The third-order valence-corrected chi connectivity index (χ3v) is 5.86. The van der Waals surface area contributed by atoms with E-state index in [4.69, 9.17) is 4.74 Å². The summed E-state index contributed by atoms with van der Waals surface area (Å²) in [4.78, 5) is 42.5. The molecule has 2 heterocycles. The maximum atomic E-state index is 14.0. The van der Waals surface area contributed by atoms with Crippen LogP contribution in [0.3, 0.4) is 0 Å². The first-order valence-electron chi connectivity index (χ1n) is 9.70. The van der Waals surface area contributed by atoms with Gasteiger partial charge in [0.1, 0.15) is 12.4 Å². The van der Waals surface area contributed by atoms with E-state index in [0.29, 0.717) is 11.3 Å². The largest absolute Gasteiger partial charge is 0.458 e. The minimum Gasteiger partial charge on any atom is -0.458 e. The fraction of sp³-hybridized carbons (Fsp3) is 0.318. The van der Waals surface area contributed by atoms with Crippen LogP contribution >= 0.6 is 0 Å². The Balaban J connectivity index is 1.56. The molecule has 2 aromatic rings. The smallest absolute Gasteiger partial charge is 0.354 e. The molecule has 1 saturated heterocycles. The number of esters is 1. The summed E-state index contributed by atoms with van der Waals surface area (Å²) in [5, 5.41) is 0. The highest BCUT2D eigenvalue weighted by Crippen LogP contribution is 2.49. The molecule has 1 atom stereocenters. The number of para-hydroxylation sites is 1. The van der Waals surface area contributed by atoms with Gasteiger partial charge in [-0.2, -0.15) is 0 Å². The van der Waals surface area contributed by atoms with E-state index in [2.05, 4.69) is 0 Å². The van der Waals surface area contributed by atoms with Gasteiger partial charge in [0.25, 0.3) is 5.91 Å². The van der Waals surface area contributed by atoms with Crippen LogP contribution in [0.15, 0.2) is 48.5 Å². The number of carbonyl (C=O) groups is 3. The van der Waals surface area contributed by atoms with Crippen LogP contribution in [0.4, 0.5) is 10.1 Å². The second-order valence-electron chi connectivity index (χ2n) is 7.64. The van der Waals surface area contributed by atoms with E-state index < -0.39 is 17.4 Å². The number of carbonyl (C=O) groups excluding carboxylic acids is 3. The molecule has 7 heteroatoms. The van der Waals surface area contributed by atoms with Crippen molar-refractivity contribution < 1.29 is 23.5 Å². The lowest BCUT2D eigenvalue weighted by Gasteiger charge is -2.48. The summed E-state index contributed by atoms with van der Waals surface area (Å²) < 4.78 is 19.5. The Labute approximate surface area is 166 Å². The lowest BCUT2D eigenvalue weighted by atomic mass is 9.96. The average molecular weight is 394 g/mol. The van der Waals surface area contributed by atoms with Crippen LogP contribution in [0.25, 0.3) is 0 Å². The molecular formula is C22H19FN2O4. The van der Waals surface area contributed by atoms with Gasteiger partial charge in [0.05, 0.1) is 11.3 Å². The van der Waals surface area contributed by atoms with Gasteiger partial charge < -0.3 is 9.64 Å². The minimum atomic E-state index is -1.51. The SMILES string of the molecule is O=C1CC[C@]2(C(=O)OCc3ccccc3F)N1c1ccccc1C(=O)N2C1CC1. The molecule has 6 nitrogen and oxygen atoms in total. The second kappa shape index (κ2) is 6.40. The molecule has 0 N–H and O–H groups in total. The maximum absolute atomic E-state index is 14.0. The van der Waals surface area contributed by atoms with Crippen molar-refractivity contribution in [1.82, 2.24) is 4.90 Å². The summed E-state index contributed by atoms with van der Waals surface area (Å²) in [5.41, 5.74) is -0.421. The predicted octanol–water partition coefficient (Wildman–Crippen LogP) is 3.01. The fourth-order valence-corrected chi connectivity index (χ4v) is 4.39. The van der Waals surface area contributed by atoms with E-state index in [1.54, 1.807) is 36.4 Å². The van der Waals surface area contributed by atoms with E-state index in [0.717, 1.165) is 12.8 Å². The second-order valence-corrected chi connectivity index (χ2v) is 7.64. The van der Waals surface area contributed by atoms with Crippen LogP contribution in [-0.4, -0.2) is 34.4 Å². The lowest BCUT2D eigenvalue weighted by Crippen LogP contribution is -2.69. The fourth-order valence-electron chi connectivity index (χ4n) is 4.39. The summed E-state index contributed by atoms with van der Waals surface area (Å²) in [7, 11) is 0. The summed E-state index contributed by atoms with van der Waals surface area (Å²) in [5.74, 6) is -1.65. The van der Waals surface area contributed by atoms with Crippen LogP contribution in [0, 0.1) is 5.82 Å². The standard InChI is InChI=1S/C22H19FN2O4/c23-17-7-3-1-5-14(17)13-29-21(28)22-12-11-19(26)25(22)18-8-4-2-6-16(18)20(27)24(22)15-9-10-15/h1-8,15H,9-13H2/t22-/m1/s1. The molecule has 148 valence electrons. The zero-order chi connectivity index (χ0) is 20.2. The van der Waals surface area contributed by atoms with Crippen LogP contribution in [0.5, 0.6) is 0 Å². The Kier molecular flexibility index (Phi) is 3.94. The van der Waals surface area contributed by atoms with Crippen molar-refractivity contribution >= 4 is 23.5 Å². The molecular weight excluding hydrogens is 375 g/mol. The van der Waals surface area contributed by atoms with E-state index >= 15 is 0 Å². The summed E-state index contributed by atoms with van der Waals surface area (Å²) >= 11 is 0. The average Bonchev–Trinajstić information content (AvgIpc) is 3.50. The van der Waals surface area contributed by atoms with E-state index in [1.165, 1.54) is 21.9 Å². The number of amides is 2. The minimum absolute atomic E-state index is 0.106. The first kappa shape index (κ1) is 17.8. The molecule has 29 heavy (non-hydrogen) atoms. The summed E-state index contributed by atoms with van der Waals surface area (Å²) in [6.45, 7) is -0.260.